The summed E-state index contributed by atoms with van der Waals surface area (Å²) in [4.78, 5) is 2.38. The minimum Gasteiger partial charge on any atom is -0.329 e. The molecule has 20 heavy (non-hydrogen) atoms. The van der Waals surface area contributed by atoms with Gasteiger partial charge in [0.15, 0.2) is 0 Å². The first-order valence-electron chi connectivity index (χ1n) is 6.93. The molecule has 1 aromatic carbocycles. The lowest BCUT2D eigenvalue weighted by atomic mass is 9.90. The summed E-state index contributed by atoms with van der Waals surface area (Å²) in [6.07, 6.45) is 0.0241. The fraction of sp³-hybridized carbons (Fsp3) is 0.600. The summed E-state index contributed by atoms with van der Waals surface area (Å²) >= 11 is 0. The van der Waals surface area contributed by atoms with E-state index in [2.05, 4.69) is 11.8 Å². The van der Waals surface area contributed by atoms with Crippen molar-refractivity contribution in [2.45, 2.75) is 38.8 Å². The van der Waals surface area contributed by atoms with E-state index in [-0.39, 0.29) is 18.0 Å². The Morgan fingerprint density at radius 1 is 1.30 bits per heavy atom. The number of hydrogen-bond donors (Lipinski definition) is 1. The molecule has 0 spiro atoms. The first-order valence-corrected chi connectivity index (χ1v) is 6.93. The lowest BCUT2D eigenvalue weighted by molar-refractivity contribution is 0.0990. The molecule has 1 aromatic rings. The Morgan fingerprint density at radius 2 is 1.95 bits per heavy atom. The van der Waals surface area contributed by atoms with Crippen LogP contribution in [0.15, 0.2) is 24.3 Å². The van der Waals surface area contributed by atoms with Crippen molar-refractivity contribution >= 4 is 12.4 Å². The van der Waals surface area contributed by atoms with Crippen LogP contribution in [0.3, 0.4) is 0 Å². The predicted molar refractivity (Wildman–Crippen MR) is 80.3 cm³/mol. The maximum atomic E-state index is 12.5. The van der Waals surface area contributed by atoms with Gasteiger partial charge in [-0.05, 0) is 30.9 Å². The monoisotopic (exact) mass is 304 g/mol. The highest BCUT2D eigenvalue weighted by Gasteiger charge is 2.27. The zero-order valence-electron chi connectivity index (χ0n) is 11.8. The SMILES string of the molecule is CC1CCCN(Cc2ccc(C(F)F)cc2)C1CN.Cl. The summed E-state index contributed by atoms with van der Waals surface area (Å²) in [6.45, 7) is 4.75. The fourth-order valence-electron chi connectivity index (χ4n) is 2.92. The Hall–Kier alpha value is -0.710. The standard InChI is InChI=1S/C15H22F2N2.ClH/c1-11-3-2-8-19(14(11)9-18)10-12-4-6-13(7-5-12)15(16)17;/h4-7,11,14-15H,2-3,8-10,18H2,1H3;1H. The van der Waals surface area contributed by atoms with Gasteiger partial charge in [-0.15, -0.1) is 12.4 Å². The van der Waals surface area contributed by atoms with Gasteiger partial charge in [0, 0.05) is 24.7 Å². The Kier molecular flexibility index (Phi) is 6.86. The minimum atomic E-state index is -2.39. The Bertz CT molecular complexity index is 397. The van der Waals surface area contributed by atoms with E-state index in [1.807, 2.05) is 0 Å². The summed E-state index contributed by atoms with van der Waals surface area (Å²) in [5.74, 6) is 0.610. The van der Waals surface area contributed by atoms with E-state index >= 15 is 0 Å². The van der Waals surface area contributed by atoms with Crippen molar-refractivity contribution < 1.29 is 8.78 Å². The number of benzene rings is 1. The van der Waals surface area contributed by atoms with Crippen LogP contribution in [0.2, 0.25) is 0 Å². The van der Waals surface area contributed by atoms with E-state index in [1.165, 1.54) is 25.0 Å². The molecule has 2 atom stereocenters. The fourth-order valence-corrected chi connectivity index (χ4v) is 2.92. The van der Waals surface area contributed by atoms with E-state index < -0.39 is 6.43 Å². The van der Waals surface area contributed by atoms with Crippen LogP contribution in [0, 0.1) is 5.92 Å². The van der Waals surface area contributed by atoms with Crippen molar-refractivity contribution in [3.05, 3.63) is 35.4 Å². The molecule has 114 valence electrons. The highest BCUT2D eigenvalue weighted by molar-refractivity contribution is 5.85. The van der Waals surface area contributed by atoms with Gasteiger partial charge in [-0.2, -0.15) is 0 Å². The van der Waals surface area contributed by atoms with Crippen LogP contribution in [0.1, 0.15) is 37.3 Å². The molecule has 5 heteroatoms. The molecule has 0 radical (unpaired) electrons. The number of alkyl halides is 2. The zero-order valence-corrected chi connectivity index (χ0v) is 12.6. The summed E-state index contributed by atoms with van der Waals surface area (Å²) in [7, 11) is 0. The average Bonchev–Trinajstić information content (AvgIpc) is 2.39. The van der Waals surface area contributed by atoms with Crippen LogP contribution >= 0.6 is 12.4 Å². The van der Waals surface area contributed by atoms with Crippen LogP contribution in [0.4, 0.5) is 8.78 Å². The van der Waals surface area contributed by atoms with Gasteiger partial charge in [-0.25, -0.2) is 8.78 Å². The van der Waals surface area contributed by atoms with Crippen LogP contribution in [0.5, 0.6) is 0 Å². The van der Waals surface area contributed by atoms with E-state index in [0.717, 1.165) is 18.7 Å². The quantitative estimate of drug-likeness (QED) is 0.921. The summed E-state index contributed by atoms with van der Waals surface area (Å²) in [5.41, 5.74) is 7.03. The Balaban J connectivity index is 0.00000200. The van der Waals surface area contributed by atoms with Crippen molar-refractivity contribution in [1.29, 1.82) is 0 Å². The Morgan fingerprint density at radius 3 is 2.50 bits per heavy atom. The molecule has 1 aliphatic rings. The Labute approximate surface area is 125 Å². The number of hydrogen-bond acceptors (Lipinski definition) is 2. The molecule has 2 unspecified atom stereocenters. The largest absolute Gasteiger partial charge is 0.329 e. The van der Waals surface area contributed by atoms with E-state index in [0.29, 0.717) is 18.5 Å². The van der Waals surface area contributed by atoms with E-state index in [1.54, 1.807) is 12.1 Å². The van der Waals surface area contributed by atoms with Gasteiger partial charge in [-0.1, -0.05) is 31.2 Å². The molecule has 2 rings (SSSR count). The molecule has 0 aromatic heterocycles. The highest BCUT2D eigenvalue weighted by Crippen LogP contribution is 2.25. The molecule has 1 fully saturated rings. The highest BCUT2D eigenvalue weighted by atomic mass is 35.5. The molecular weight excluding hydrogens is 282 g/mol. The molecule has 1 heterocycles. The lowest BCUT2D eigenvalue weighted by Crippen LogP contribution is -2.47. The van der Waals surface area contributed by atoms with Crippen LogP contribution in [0.25, 0.3) is 0 Å². The van der Waals surface area contributed by atoms with E-state index in [9.17, 15) is 8.78 Å². The molecule has 2 N–H and O–H groups in total. The maximum absolute atomic E-state index is 12.5. The molecule has 0 amide bonds. The van der Waals surface area contributed by atoms with Gasteiger partial charge < -0.3 is 5.73 Å². The number of halogens is 3. The third-order valence-corrected chi connectivity index (χ3v) is 4.09. The van der Waals surface area contributed by atoms with Gasteiger partial charge in [0.2, 0.25) is 0 Å². The number of nitrogens with two attached hydrogens (primary N) is 1. The summed E-state index contributed by atoms with van der Waals surface area (Å²) in [5, 5.41) is 0. The first kappa shape index (κ1) is 17.3. The number of piperidine rings is 1. The van der Waals surface area contributed by atoms with Crippen molar-refractivity contribution in [2.24, 2.45) is 11.7 Å². The van der Waals surface area contributed by atoms with Crippen molar-refractivity contribution in [3.63, 3.8) is 0 Å². The van der Waals surface area contributed by atoms with Gasteiger partial charge in [0.05, 0.1) is 0 Å². The predicted octanol–water partition coefficient (Wildman–Crippen LogP) is 3.61. The third kappa shape index (κ3) is 4.14. The molecule has 1 saturated heterocycles. The van der Waals surface area contributed by atoms with Gasteiger partial charge in [0.25, 0.3) is 6.43 Å². The van der Waals surface area contributed by atoms with Crippen molar-refractivity contribution in [3.8, 4) is 0 Å². The third-order valence-electron chi connectivity index (χ3n) is 4.09. The molecule has 0 bridgehead atoms. The topological polar surface area (TPSA) is 29.3 Å². The second-order valence-electron chi connectivity index (χ2n) is 5.44. The number of rotatable bonds is 4. The molecule has 2 nitrogen and oxygen atoms in total. The van der Waals surface area contributed by atoms with Crippen LogP contribution in [-0.2, 0) is 6.54 Å². The molecule has 0 aliphatic carbocycles. The van der Waals surface area contributed by atoms with E-state index in [4.69, 9.17) is 5.73 Å². The minimum absolute atomic E-state index is 0. The number of likely N-dealkylation sites (tertiary alicyclic amines) is 1. The summed E-state index contributed by atoms with van der Waals surface area (Å²) < 4.78 is 25.0. The van der Waals surface area contributed by atoms with Crippen LogP contribution in [-0.4, -0.2) is 24.0 Å². The second-order valence-corrected chi connectivity index (χ2v) is 5.44. The smallest absolute Gasteiger partial charge is 0.263 e. The van der Waals surface area contributed by atoms with Crippen molar-refractivity contribution in [1.82, 2.24) is 4.90 Å². The van der Waals surface area contributed by atoms with Crippen molar-refractivity contribution in [2.75, 3.05) is 13.1 Å². The molecular formula is C15H23ClF2N2. The lowest BCUT2D eigenvalue weighted by Gasteiger charge is -2.39. The van der Waals surface area contributed by atoms with Crippen LogP contribution < -0.4 is 5.73 Å². The zero-order chi connectivity index (χ0) is 13.8. The second kappa shape index (κ2) is 7.91. The molecule has 0 saturated carbocycles. The first-order chi connectivity index (χ1) is 9.11. The normalized spacial score (nSPS) is 23.6. The van der Waals surface area contributed by atoms with Gasteiger partial charge >= 0.3 is 0 Å². The maximum Gasteiger partial charge on any atom is 0.263 e. The number of nitrogens with zero attached hydrogens (tertiary/aromatic N) is 1. The van der Waals surface area contributed by atoms with Gasteiger partial charge in [0.1, 0.15) is 0 Å². The summed E-state index contributed by atoms with van der Waals surface area (Å²) in [6, 6.07) is 7.04. The average molecular weight is 305 g/mol. The van der Waals surface area contributed by atoms with Gasteiger partial charge in [-0.3, -0.25) is 4.90 Å². The molecule has 1 aliphatic heterocycles.